The summed E-state index contributed by atoms with van der Waals surface area (Å²) >= 11 is 9.34. The van der Waals surface area contributed by atoms with Crippen molar-refractivity contribution in [2.75, 3.05) is 0 Å². The molecule has 2 nitrogen and oxygen atoms in total. The lowest BCUT2D eigenvalue weighted by atomic mass is 10.3. The minimum Gasteiger partial charge on any atom is -0.243 e. The van der Waals surface area contributed by atoms with Gasteiger partial charge in [-0.3, -0.25) is 0 Å². The van der Waals surface area contributed by atoms with Gasteiger partial charge >= 0.3 is 0 Å². The molecule has 0 saturated heterocycles. The van der Waals surface area contributed by atoms with Crippen LogP contribution in [0.25, 0.3) is 30.5 Å². The van der Waals surface area contributed by atoms with Gasteiger partial charge in [0, 0.05) is 0 Å². The standard InChI is InChI=1S/C20H16N2S5/c1-9-10(2)24-19(23-9)17-15-16(22-14-8-6-5-7-13(14)21-15)18(27-17)20-25-11(3)12(4)26-20/h5-8H,1-4H3. The Morgan fingerprint density at radius 2 is 0.963 bits per heavy atom. The van der Waals surface area contributed by atoms with Crippen molar-refractivity contribution in [1.29, 1.82) is 0 Å². The van der Waals surface area contributed by atoms with Gasteiger partial charge in [-0.25, -0.2) is 9.97 Å². The van der Waals surface area contributed by atoms with Gasteiger partial charge in [0.1, 0.15) is 11.0 Å². The van der Waals surface area contributed by atoms with Crippen LogP contribution in [-0.4, -0.2) is 9.97 Å². The van der Waals surface area contributed by atoms with Crippen LogP contribution in [0, 0.1) is 0 Å². The van der Waals surface area contributed by atoms with Crippen molar-refractivity contribution in [3.63, 3.8) is 0 Å². The average molecular weight is 445 g/mol. The molecule has 0 bridgehead atoms. The molecular weight excluding hydrogens is 429 g/mol. The minimum atomic E-state index is 0.966. The van der Waals surface area contributed by atoms with Crippen molar-refractivity contribution in [1.82, 2.24) is 9.97 Å². The highest BCUT2D eigenvalue weighted by atomic mass is 32.2. The molecule has 0 saturated carbocycles. The molecule has 1 aromatic carbocycles. The van der Waals surface area contributed by atoms with Crippen LogP contribution < -0.4 is 9.06 Å². The molecule has 3 aromatic rings. The number of allylic oxidation sites excluding steroid dienone is 4. The molecule has 0 aliphatic carbocycles. The zero-order valence-corrected chi connectivity index (χ0v) is 19.3. The van der Waals surface area contributed by atoms with Crippen LogP contribution in [0.1, 0.15) is 27.7 Å². The lowest BCUT2D eigenvalue weighted by Gasteiger charge is -1.98. The quantitative estimate of drug-likeness (QED) is 0.396. The van der Waals surface area contributed by atoms with E-state index in [-0.39, 0.29) is 0 Å². The highest BCUT2D eigenvalue weighted by Gasteiger charge is 2.22. The zero-order chi connectivity index (χ0) is 18.7. The molecule has 0 radical (unpaired) electrons. The van der Waals surface area contributed by atoms with Crippen molar-refractivity contribution < 1.29 is 0 Å². The summed E-state index contributed by atoms with van der Waals surface area (Å²) < 4.78 is 5.21. The molecular formula is C20H16N2S5. The second kappa shape index (κ2) is 6.88. The Labute approximate surface area is 178 Å². The Morgan fingerprint density at radius 1 is 0.593 bits per heavy atom. The van der Waals surface area contributed by atoms with Crippen LogP contribution in [-0.2, 0) is 0 Å². The maximum atomic E-state index is 5.04. The molecule has 27 heavy (non-hydrogen) atoms. The summed E-state index contributed by atoms with van der Waals surface area (Å²) in [6, 6.07) is 8.18. The second-order valence-corrected chi connectivity index (χ2v) is 12.8. The van der Waals surface area contributed by atoms with Gasteiger partial charge in [-0.2, -0.15) is 0 Å². The van der Waals surface area contributed by atoms with E-state index >= 15 is 0 Å². The molecule has 7 heteroatoms. The van der Waals surface area contributed by atoms with E-state index in [1.807, 2.05) is 70.5 Å². The van der Waals surface area contributed by atoms with E-state index in [0.29, 0.717) is 0 Å². The Morgan fingerprint density at radius 3 is 1.33 bits per heavy atom. The molecule has 5 rings (SSSR count). The zero-order valence-electron chi connectivity index (χ0n) is 15.2. The number of thioether (sulfide) groups is 4. The summed E-state index contributed by atoms with van der Waals surface area (Å²) in [5, 5.41) is 0. The number of rotatable bonds is 0. The van der Waals surface area contributed by atoms with Gasteiger partial charge in [-0.05, 0) is 59.4 Å². The first-order chi connectivity index (χ1) is 13.0. The van der Waals surface area contributed by atoms with Crippen molar-refractivity contribution >= 4 is 88.9 Å². The van der Waals surface area contributed by atoms with Gasteiger partial charge in [0.2, 0.25) is 0 Å². The van der Waals surface area contributed by atoms with E-state index in [1.165, 1.54) is 37.2 Å². The lowest BCUT2D eigenvalue weighted by Crippen LogP contribution is -1.99. The third-order valence-electron chi connectivity index (χ3n) is 4.55. The van der Waals surface area contributed by atoms with Gasteiger partial charge in [0.05, 0.1) is 28.6 Å². The van der Waals surface area contributed by atoms with Crippen LogP contribution >= 0.6 is 58.4 Å². The second-order valence-electron chi connectivity index (χ2n) is 6.38. The van der Waals surface area contributed by atoms with Crippen molar-refractivity contribution in [3.05, 3.63) is 53.0 Å². The number of para-hydroxylation sites is 2. The minimum absolute atomic E-state index is 0.966. The van der Waals surface area contributed by atoms with E-state index in [4.69, 9.17) is 9.97 Å². The number of benzene rings is 1. The Bertz CT molecular complexity index is 1180. The fourth-order valence-corrected chi connectivity index (χ4v) is 9.49. The molecule has 0 amide bonds. The molecule has 4 heterocycles. The highest BCUT2D eigenvalue weighted by Crippen LogP contribution is 2.51. The summed E-state index contributed by atoms with van der Waals surface area (Å²) in [7, 11) is 0. The van der Waals surface area contributed by atoms with Gasteiger partial charge in [-0.15, -0.1) is 11.3 Å². The molecule has 2 aliphatic rings. The van der Waals surface area contributed by atoms with Crippen molar-refractivity contribution in [2.45, 2.75) is 27.7 Å². The average Bonchev–Trinajstić information content (AvgIpc) is 3.29. The molecule has 0 N–H and O–H groups in total. The molecule has 0 spiro atoms. The molecule has 2 aromatic heterocycles. The van der Waals surface area contributed by atoms with Gasteiger partial charge in [0.15, 0.2) is 0 Å². The first-order valence-corrected chi connectivity index (χ1v) is 12.6. The van der Waals surface area contributed by atoms with Gasteiger partial charge < -0.3 is 0 Å². The van der Waals surface area contributed by atoms with E-state index in [9.17, 15) is 0 Å². The number of thiophene rings is 1. The summed E-state index contributed by atoms with van der Waals surface area (Å²) in [4.78, 5) is 15.6. The van der Waals surface area contributed by atoms with E-state index < -0.39 is 0 Å². The van der Waals surface area contributed by atoms with Gasteiger partial charge in [-0.1, -0.05) is 59.2 Å². The summed E-state index contributed by atoms with van der Waals surface area (Å²) in [5.74, 6) is 0. The third-order valence-corrected chi connectivity index (χ3v) is 11.5. The lowest BCUT2D eigenvalue weighted by molar-refractivity contribution is 1.40. The van der Waals surface area contributed by atoms with E-state index in [2.05, 4.69) is 39.8 Å². The molecule has 0 fully saturated rings. The van der Waals surface area contributed by atoms with Crippen LogP contribution in [0.5, 0.6) is 0 Å². The molecule has 136 valence electrons. The Hall–Kier alpha value is -0.860. The van der Waals surface area contributed by atoms with Crippen molar-refractivity contribution in [2.24, 2.45) is 0 Å². The predicted molar refractivity (Wildman–Crippen MR) is 128 cm³/mol. The van der Waals surface area contributed by atoms with Gasteiger partial charge in [0.25, 0.3) is 0 Å². The molecule has 2 aliphatic heterocycles. The maximum Gasteiger partial charge on any atom is 0.110 e. The molecule has 0 atom stereocenters. The maximum absolute atomic E-state index is 5.04. The number of hydrogen-bond acceptors (Lipinski definition) is 7. The smallest absolute Gasteiger partial charge is 0.110 e. The van der Waals surface area contributed by atoms with E-state index in [1.54, 1.807) is 0 Å². The first-order valence-electron chi connectivity index (χ1n) is 8.51. The predicted octanol–water partition coefficient (Wildman–Crippen LogP) is 6.44. The summed E-state index contributed by atoms with van der Waals surface area (Å²) in [5.41, 5.74) is 4.02. The monoisotopic (exact) mass is 444 g/mol. The van der Waals surface area contributed by atoms with Crippen LogP contribution in [0.3, 0.4) is 0 Å². The fraction of sp³-hybridized carbons (Fsp3) is 0.200. The van der Waals surface area contributed by atoms with Crippen LogP contribution in [0.2, 0.25) is 0 Å². The van der Waals surface area contributed by atoms with E-state index in [0.717, 1.165) is 22.1 Å². The van der Waals surface area contributed by atoms with Crippen molar-refractivity contribution in [3.8, 4) is 0 Å². The Balaban J connectivity index is 1.88. The summed E-state index contributed by atoms with van der Waals surface area (Å²) in [6.07, 6.45) is 0. The fourth-order valence-electron chi connectivity index (χ4n) is 2.86. The largest absolute Gasteiger partial charge is 0.243 e. The topological polar surface area (TPSA) is 25.8 Å². The number of nitrogens with zero attached hydrogens (tertiary/aromatic N) is 2. The summed E-state index contributed by atoms with van der Waals surface area (Å²) in [6.45, 7) is 8.80. The number of fused-ring (bicyclic) bond motifs is 2. The highest BCUT2D eigenvalue weighted by molar-refractivity contribution is 8.36. The van der Waals surface area contributed by atoms with Crippen LogP contribution in [0.15, 0.2) is 43.9 Å². The molecule has 0 unspecified atom stereocenters. The normalized spacial score (nSPS) is 18.1. The Kier molecular flexibility index (Phi) is 4.64. The van der Waals surface area contributed by atoms with Crippen LogP contribution in [0.4, 0.5) is 0 Å². The third kappa shape index (κ3) is 3.08. The first kappa shape index (κ1) is 18.2. The number of hydrogen-bond donors (Lipinski definition) is 0. The SMILES string of the molecule is CC1=C(C)SC(=c2sc(=C3SC(C)=C(C)S3)c3nc4ccccc4nc23)S1. The number of aromatic nitrogens is 2.